The number of methoxy groups -OCH3 is 1. The quantitative estimate of drug-likeness (QED) is 0.783. The standard InChI is InChI=1S/C16H23ClN2O2/c1-18(2)13-6-8-19(9-7-13)11-15(20)12-4-5-16(21-3)14(17)10-12/h4-5,10,13H,6-9,11H2,1-3H3. The van der Waals surface area contributed by atoms with Gasteiger partial charge in [0.2, 0.25) is 0 Å². The van der Waals surface area contributed by atoms with E-state index in [4.69, 9.17) is 16.3 Å². The smallest absolute Gasteiger partial charge is 0.176 e. The first-order valence-corrected chi connectivity index (χ1v) is 7.64. The van der Waals surface area contributed by atoms with Gasteiger partial charge in [-0.15, -0.1) is 0 Å². The van der Waals surface area contributed by atoms with Gasteiger partial charge in [0, 0.05) is 24.7 Å². The van der Waals surface area contributed by atoms with Crippen molar-refractivity contribution >= 4 is 17.4 Å². The molecule has 1 aromatic rings. The molecule has 0 amide bonds. The van der Waals surface area contributed by atoms with Gasteiger partial charge in [0.15, 0.2) is 5.78 Å². The maximum Gasteiger partial charge on any atom is 0.176 e. The number of Topliss-reactive ketones (excluding diaryl/α,β-unsaturated/α-hetero) is 1. The van der Waals surface area contributed by atoms with E-state index >= 15 is 0 Å². The summed E-state index contributed by atoms with van der Waals surface area (Å²) in [5, 5.41) is 0.481. The Kier molecular flexibility index (Phi) is 5.62. The van der Waals surface area contributed by atoms with Crippen molar-refractivity contribution < 1.29 is 9.53 Å². The number of carbonyl (C=O) groups is 1. The topological polar surface area (TPSA) is 32.8 Å². The molecule has 0 saturated carbocycles. The number of nitrogens with zero attached hydrogens (tertiary/aromatic N) is 2. The number of ether oxygens (including phenoxy) is 1. The summed E-state index contributed by atoms with van der Waals surface area (Å²) in [6.07, 6.45) is 2.23. The third kappa shape index (κ3) is 4.19. The molecular formula is C16H23ClN2O2. The van der Waals surface area contributed by atoms with E-state index in [9.17, 15) is 4.79 Å². The predicted octanol–water partition coefficient (Wildman–Crippen LogP) is 2.56. The second-order valence-corrected chi connectivity index (χ2v) is 6.15. The lowest BCUT2D eigenvalue weighted by atomic mass is 10.0. The molecule has 1 aliphatic heterocycles. The van der Waals surface area contributed by atoms with Gasteiger partial charge in [0.25, 0.3) is 0 Å². The molecule has 0 spiro atoms. The summed E-state index contributed by atoms with van der Waals surface area (Å²) in [7, 11) is 5.80. The first-order valence-electron chi connectivity index (χ1n) is 7.26. The van der Waals surface area contributed by atoms with Crippen LogP contribution in [0.2, 0.25) is 5.02 Å². The number of hydrogen-bond acceptors (Lipinski definition) is 4. The Morgan fingerprint density at radius 1 is 1.38 bits per heavy atom. The Morgan fingerprint density at radius 2 is 2.05 bits per heavy atom. The minimum absolute atomic E-state index is 0.114. The van der Waals surface area contributed by atoms with Crippen molar-refractivity contribution in [1.29, 1.82) is 0 Å². The number of carbonyl (C=O) groups excluding carboxylic acids is 1. The molecular weight excluding hydrogens is 288 g/mol. The molecule has 0 radical (unpaired) electrons. The lowest BCUT2D eigenvalue weighted by Crippen LogP contribution is -2.43. The van der Waals surface area contributed by atoms with Crippen molar-refractivity contribution in [3.8, 4) is 5.75 Å². The zero-order chi connectivity index (χ0) is 15.4. The summed E-state index contributed by atoms with van der Waals surface area (Å²) in [5.74, 6) is 0.711. The summed E-state index contributed by atoms with van der Waals surface area (Å²) < 4.78 is 5.11. The third-order valence-corrected chi connectivity index (χ3v) is 4.42. The fourth-order valence-electron chi connectivity index (χ4n) is 2.73. The molecule has 1 saturated heterocycles. The molecule has 2 rings (SSSR count). The molecule has 0 unspecified atom stereocenters. The van der Waals surface area contributed by atoms with Crippen LogP contribution in [-0.2, 0) is 0 Å². The van der Waals surface area contributed by atoms with E-state index in [0.29, 0.717) is 28.9 Å². The van der Waals surface area contributed by atoms with E-state index in [1.165, 1.54) is 0 Å². The van der Waals surface area contributed by atoms with Gasteiger partial charge in [-0.1, -0.05) is 11.6 Å². The van der Waals surface area contributed by atoms with Crippen LogP contribution in [0.4, 0.5) is 0 Å². The van der Waals surface area contributed by atoms with E-state index in [0.717, 1.165) is 25.9 Å². The Balaban J connectivity index is 1.92. The first kappa shape index (κ1) is 16.3. The molecule has 5 heteroatoms. The number of halogens is 1. The molecule has 1 aromatic carbocycles. The highest BCUT2D eigenvalue weighted by Gasteiger charge is 2.22. The largest absolute Gasteiger partial charge is 0.495 e. The molecule has 0 aliphatic carbocycles. The minimum Gasteiger partial charge on any atom is -0.495 e. The molecule has 0 N–H and O–H groups in total. The van der Waals surface area contributed by atoms with Crippen LogP contribution in [0, 0.1) is 0 Å². The second kappa shape index (κ2) is 7.25. The van der Waals surface area contributed by atoms with E-state index in [1.807, 2.05) is 0 Å². The van der Waals surface area contributed by atoms with Crippen molar-refractivity contribution in [1.82, 2.24) is 9.80 Å². The van der Waals surface area contributed by atoms with E-state index in [1.54, 1.807) is 25.3 Å². The van der Waals surface area contributed by atoms with Gasteiger partial charge in [0.05, 0.1) is 18.7 Å². The van der Waals surface area contributed by atoms with E-state index in [-0.39, 0.29) is 5.78 Å². The van der Waals surface area contributed by atoms with E-state index < -0.39 is 0 Å². The van der Waals surface area contributed by atoms with Crippen molar-refractivity contribution in [3.63, 3.8) is 0 Å². The summed E-state index contributed by atoms with van der Waals surface area (Å²) in [4.78, 5) is 16.8. The van der Waals surface area contributed by atoms with Gasteiger partial charge < -0.3 is 9.64 Å². The summed E-state index contributed by atoms with van der Waals surface area (Å²) in [6.45, 7) is 2.40. The molecule has 4 nitrogen and oxygen atoms in total. The average molecular weight is 311 g/mol. The van der Waals surface area contributed by atoms with Crippen molar-refractivity contribution in [2.45, 2.75) is 18.9 Å². The Bertz CT molecular complexity index is 497. The lowest BCUT2D eigenvalue weighted by molar-refractivity contribution is 0.0874. The molecule has 1 fully saturated rings. The number of ketones is 1. The zero-order valence-corrected chi connectivity index (χ0v) is 13.7. The molecule has 21 heavy (non-hydrogen) atoms. The lowest BCUT2D eigenvalue weighted by Gasteiger charge is -2.34. The highest BCUT2D eigenvalue weighted by atomic mass is 35.5. The van der Waals surface area contributed by atoms with Crippen LogP contribution in [0.25, 0.3) is 0 Å². The van der Waals surface area contributed by atoms with Gasteiger partial charge in [-0.3, -0.25) is 9.69 Å². The van der Waals surface area contributed by atoms with Crippen molar-refractivity contribution in [3.05, 3.63) is 28.8 Å². The van der Waals surface area contributed by atoms with E-state index in [2.05, 4.69) is 23.9 Å². The molecule has 0 aromatic heterocycles. The SMILES string of the molecule is COc1ccc(C(=O)CN2CCC(N(C)C)CC2)cc1Cl. The molecule has 116 valence electrons. The fourth-order valence-corrected chi connectivity index (χ4v) is 2.99. The summed E-state index contributed by atoms with van der Waals surface area (Å²) in [6, 6.07) is 5.84. The van der Waals surface area contributed by atoms with Crippen LogP contribution in [0.5, 0.6) is 5.75 Å². The molecule has 0 bridgehead atoms. The van der Waals surface area contributed by atoms with Crippen molar-refractivity contribution in [2.24, 2.45) is 0 Å². The molecule has 0 atom stereocenters. The highest BCUT2D eigenvalue weighted by Crippen LogP contribution is 2.25. The monoisotopic (exact) mass is 310 g/mol. The van der Waals surface area contributed by atoms with Gasteiger partial charge in [0.1, 0.15) is 5.75 Å². The number of hydrogen-bond donors (Lipinski definition) is 0. The Labute approximate surface area is 131 Å². The summed E-state index contributed by atoms with van der Waals surface area (Å²) >= 11 is 6.07. The fraction of sp³-hybridized carbons (Fsp3) is 0.562. The number of piperidine rings is 1. The number of likely N-dealkylation sites (tertiary alicyclic amines) is 1. The van der Waals surface area contributed by atoms with Gasteiger partial charge >= 0.3 is 0 Å². The maximum atomic E-state index is 12.3. The predicted molar refractivity (Wildman–Crippen MR) is 85.5 cm³/mol. The second-order valence-electron chi connectivity index (χ2n) is 5.74. The minimum atomic E-state index is 0.114. The van der Waals surface area contributed by atoms with Crippen molar-refractivity contribution in [2.75, 3.05) is 40.8 Å². The normalized spacial score (nSPS) is 17.2. The van der Waals surface area contributed by atoms with Crippen LogP contribution in [-0.4, -0.2) is 62.5 Å². The zero-order valence-electron chi connectivity index (χ0n) is 12.9. The highest BCUT2D eigenvalue weighted by molar-refractivity contribution is 6.32. The van der Waals surface area contributed by atoms with Gasteiger partial charge in [-0.05, 0) is 45.1 Å². The molecule has 1 heterocycles. The Hall–Kier alpha value is -1.10. The average Bonchev–Trinajstić information content (AvgIpc) is 2.47. The van der Waals surface area contributed by atoms with Gasteiger partial charge in [-0.2, -0.15) is 0 Å². The first-order chi connectivity index (χ1) is 10.0. The van der Waals surface area contributed by atoms with Crippen LogP contribution < -0.4 is 4.74 Å². The van der Waals surface area contributed by atoms with Gasteiger partial charge in [-0.25, -0.2) is 0 Å². The maximum absolute atomic E-state index is 12.3. The van der Waals surface area contributed by atoms with Crippen LogP contribution in [0.15, 0.2) is 18.2 Å². The number of rotatable bonds is 5. The third-order valence-electron chi connectivity index (χ3n) is 4.13. The van der Waals surface area contributed by atoms with Crippen LogP contribution in [0.1, 0.15) is 23.2 Å². The van der Waals surface area contributed by atoms with Crippen LogP contribution in [0.3, 0.4) is 0 Å². The van der Waals surface area contributed by atoms with Crippen LogP contribution >= 0.6 is 11.6 Å². The molecule has 1 aliphatic rings. The number of benzene rings is 1. The summed E-state index contributed by atoms with van der Waals surface area (Å²) in [5.41, 5.74) is 0.649. The Morgan fingerprint density at radius 3 is 2.57 bits per heavy atom.